The molecule has 5 heteroatoms. The van der Waals surface area contributed by atoms with Gasteiger partial charge in [0.2, 0.25) is 0 Å². The molecule has 2 aromatic heterocycles. The van der Waals surface area contributed by atoms with E-state index >= 15 is 0 Å². The van der Waals surface area contributed by atoms with Crippen LogP contribution in [0.3, 0.4) is 0 Å². The highest BCUT2D eigenvalue weighted by molar-refractivity contribution is 7.26. The largest absolute Gasteiger partial charge is 0.497 e. The van der Waals surface area contributed by atoms with Crippen molar-refractivity contribution in [3.63, 3.8) is 0 Å². The predicted octanol–water partition coefficient (Wildman–Crippen LogP) is 3.75. The molecule has 0 fully saturated rings. The van der Waals surface area contributed by atoms with Gasteiger partial charge in [0.1, 0.15) is 5.75 Å². The Balaban J connectivity index is 1.92. The highest BCUT2D eigenvalue weighted by Gasteiger charge is 2.24. The zero-order chi connectivity index (χ0) is 14.8. The van der Waals surface area contributed by atoms with Crippen LogP contribution in [-0.2, 0) is 0 Å². The Hall–Kier alpha value is -1.40. The topological polar surface area (TPSA) is 55.5 Å². The van der Waals surface area contributed by atoms with Gasteiger partial charge in [-0.1, -0.05) is 12.1 Å². The van der Waals surface area contributed by atoms with Crippen molar-refractivity contribution in [1.29, 1.82) is 0 Å². The zero-order valence-electron chi connectivity index (χ0n) is 11.7. The highest BCUT2D eigenvalue weighted by Crippen LogP contribution is 2.39. The van der Waals surface area contributed by atoms with Crippen LogP contribution in [0.2, 0.25) is 0 Å². The molecule has 0 saturated carbocycles. The number of methoxy groups -OCH3 is 1. The van der Waals surface area contributed by atoms with E-state index in [-0.39, 0.29) is 5.92 Å². The fraction of sp³-hybridized carbons (Fsp3) is 0.250. The lowest BCUT2D eigenvalue weighted by molar-refractivity contribution is 0.151. The summed E-state index contributed by atoms with van der Waals surface area (Å²) in [6.07, 6.45) is -0.591. The van der Waals surface area contributed by atoms with Crippen LogP contribution in [0.1, 0.15) is 22.5 Å². The van der Waals surface area contributed by atoms with Crippen molar-refractivity contribution in [2.45, 2.75) is 12.0 Å². The summed E-state index contributed by atoms with van der Waals surface area (Å²) in [5, 5.41) is 12.8. The molecule has 21 heavy (non-hydrogen) atoms. The van der Waals surface area contributed by atoms with Crippen LogP contribution >= 0.6 is 22.7 Å². The first-order chi connectivity index (χ1) is 10.2. The number of benzene rings is 1. The summed E-state index contributed by atoms with van der Waals surface area (Å²) in [6.45, 7) is 0.389. The first kappa shape index (κ1) is 14.5. The van der Waals surface area contributed by atoms with Crippen molar-refractivity contribution in [3.05, 3.63) is 52.2 Å². The predicted molar refractivity (Wildman–Crippen MR) is 89.5 cm³/mol. The Labute approximate surface area is 131 Å². The van der Waals surface area contributed by atoms with Crippen molar-refractivity contribution in [2.24, 2.45) is 5.73 Å². The third-order valence-electron chi connectivity index (χ3n) is 3.61. The molecule has 110 valence electrons. The number of aliphatic hydroxyl groups is 1. The van der Waals surface area contributed by atoms with Crippen LogP contribution < -0.4 is 10.5 Å². The molecule has 0 aliphatic rings. The van der Waals surface area contributed by atoms with Gasteiger partial charge in [-0.25, -0.2) is 0 Å². The minimum Gasteiger partial charge on any atom is -0.497 e. The molecule has 0 aliphatic heterocycles. The highest BCUT2D eigenvalue weighted by atomic mass is 32.1. The number of aliphatic hydroxyl groups excluding tert-OH is 1. The van der Waals surface area contributed by atoms with Gasteiger partial charge >= 0.3 is 0 Å². The van der Waals surface area contributed by atoms with E-state index in [1.807, 2.05) is 24.3 Å². The van der Waals surface area contributed by atoms with E-state index in [1.54, 1.807) is 29.8 Å². The number of fused-ring (bicyclic) bond motifs is 1. The van der Waals surface area contributed by atoms with Crippen LogP contribution in [-0.4, -0.2) is 18.8 Å². The summed E-state index contributed by atoms with van der Waals surface area (Å²) in [4.78, 5) is 0.968. The molecule has 2 heterocycles. The molecule has 0 amide bonds. The van der Waals surface area contributed by atoms with E-state index in [0.717, 1.165) is 16.2 Å². The van der Waals surface area contributed by atoms with Gasteiger partial charge in [-0.2, -0.15) is 0 Å². The zero-order valence-corrected chi connectivity index (χ0v) is 13.3. The van der Waals surface area contributed by atoms with E-state index < -0.39 is 6.10 Å². The molecular weight excluding hydrogens is 302 g/mol. The summed E-state index contributed by atoms with van der Waals surface area (Å²) >= 11 is 3.33. The Morgan fingerprint density at radius 2 is 2.10 bits per heavy atom. The Morgan fingerprint density at radius 1 is 1.24 bits per heavy atom. The maximum atomic E-state index is 10.7. The molecule has 3 nitrogen and oxygen atoms in total. The molecule has 1 aromatic carbocycles. The van der Waals surface area contributed by atoms with Crippen LogP contribution in [0.15, 0.2) is 41.8 Å². The van der Waals surface area contributed by atoms with Crippen LogP contribution in [0.4, 0.5) is 0 Å². The number of ether oxygens (including phenoxy) is 1. The van der Waals surface area contributed by atoms with Crippen LogP contribution in [0.25, 0.3) is 9.40 Å². The normalized spacial score (nSPS) is 14.2. The summed E-state index contributed by atoms with van der Waals surface area (Å²) in [6, 6.07) is 11.9. The number of hydrogen-bond donors (Lipinski definition) is 2. The average molecular weight is 319 g/mol. The molecular formula is C16H17NO2S2. The van der Waals surface area contributed by atoms with Gasteiger partial charge in [-0.05, 0) is 35.2 Å². The van der Waals surface area contributed by atoms with E-state index in [2.05, 4.69) is 17.5 Å². The lowest BCUT2D eigenvalue weighted by Gasteiger charge is -2.21. The molecule has 0 radical (unpaired) electrons. The summed E-state index contributed by atoms with van der Waals surface area (Å²) in [5.41, 5.74) is 6.91. The fourth-order valence-electron chi connectivity index (χ4n) is 2.45. The smallest absolute Gasteiger partial charge is 0.119 e. The Bertz CT molecular complexity index is 706. The van der Waals surface area contributed by atoms with E-state index in [0.29, 0.717) is 6.54 Å². The fourth-order valence-corrected chi connectivity index (χ4v) is 4.62. The lowest BCUT2D eigenvalue weighted by atomic mass is 9.92. The number of hydrogen-bond acceptors (Lipinski definition) is 5. The molecule has 3 aromatic rings. The third-order valence-corrected chi connectivity index (χ3v) is 5.77. The minimum absolute atomic E-state index is 0.132. The molecule has 3 rings (SSSR count). The van der Waals surface area contributed by atoms with E-state index in [9.17, 15) is 5.11 Å². The van der Waals surface area contributed by atoms with Crippen LogP contribution in [0, 0.1) is 0 Å². The van der Waals surface area contributed by atoms with Crippen molar-refractivity contribution in [3.8, 4) is 5.75 Å². The van der Waals surface area contributed by atoms with Crippen molar-refractivity contribution in [1.82, 2.24) is 0 Å². The van der Waals surface area contributed by atoms with Gasteiger partial charge in [-0.15, -0.1) is 22.7 Å². The Morgan fingerprint density at radius 3 is 2.81 bits per heavy atom. The van der Waals surface area contributed by atoms with Crippen molar-refractivity contribution < 1.29 is 9.84 Å². The minimum atomic E-state index is -0.591. The lowest BCUT2D eigenvalue weighted by Crippen LogP contribution is -2.19. The number of nitrogens with two attached hydrogens (primary N) is 1. The van der Waals surface area contributed by atoms with E-state index in [1.165, 1.54) is 9.40 Å². The Kier molecular flexibility index (Phi) is 4.26. The van der Waals surface area contributed by atoms with Gasteiger partial charge in [0.25, 0.3) is 0 Å². The monoisotopic (exact) mass is 319 g/mol. The molecule has 2 atom stereocenters. The maximum Gasteiger partial charge on any atom is 0.119 e. The second kappa shape index (κ2) is 6.15. The molecule has 0 bridgehead atoms. The SMILES string of the molecule is COc1cccc(C(CN)C(O)c2cc3sccc3s2)c1. The third kappa shape index (κ3) is 2.82. The van der Waals surface area contributed by atoms with Crippen LogP contribution in [0.5, 0.6) is 5.75 Å². The van der Waals surface area contributed by atoms with Gasteiger partial charge in [0.05, 0.1) is 13.2 Å². The van der Waals surface area contributed by atoms with E-state index in [4.69, 9.17) is 10.5 Å². The first-order valence-corrected chi connectivity index (χ1v) is 8.41. The van der Waals surface area contributed by atoms with Crippen molar-refractivity contribution in [2.75, 3.05) is 13.7 Å². The quantitative estimate of drug-likeness (QED) is 0.753. The van der Waals surface area contributed by atoms with Gasteiger partial charge in [0, 0.05) is 26.7 Å². The summed E-state index contributed by atoms with van der Waals surface area (Å²) in [5.74, 6) is 0.651. The maximum absolute atomic E-state index is 10.7. The second-order valence-electron chi connectivity index (χ2n) is 4.86. The number of thiophene rings is 2. The first-order valence-electron chi connectivity index (χ1n) is 6.72. The van der Waals surface area contributed by atoms with Gasteiger partial charge in [-0.3, -0.25) is 0 Å². The molecule has 0 aliphatic carbocycles. The summed E-state index contributed by atoms with van der Waals surface area (Å²) in [7, 11) is 1.64. The average Bonchev–Trinajstić information content (AvgIpc) is 3.09. The molecule has 0 saturated heterocycles. The molecule has 2 unspecified atom stereocenters. The van der Waals surface area contributed by atoms with Crippen molar-refractivity contribution >= 4 is 32.1 Å². The van der Waals surface area contributed by atoms with Gasteiger partial charge in [0.15, 0.2) is 0 Å². The number of rotatable bonds is 5. The van der Waals surface area contributed by atoms with Gasteiger partial charge < -0.3 is 15.6 Å². The summed E-state index contributed by atoms with van der Waals surface area (Å²) < 4.78 is 7.69. The molecule has 3 N–H and O–H groups in total. The second-order valence-corrected chi connectivity index (χ2v) is 6.92. The molecule has 0 spiro atoms. The standard InChI is InChI=1S/C16H17NO2S2/c1-19-11-4-2-3-10(7-11)12(9-17)16(18)15-8-14-13(21-15)5-6-20-14/h2-8,12,16,18H,9,17H2,1H3.